The quantitative estimate of drug-likeness (QED) is 0.910. The maximum atomic E-state index is 13.0. The smallest absolute Gasteiger partial charge is 0.126 e. The van der Waals surface area contributed by atoms with E-state index < -0.39 is 11.6 Å². The number of hydrogen-bond acceptors (Lipinski definition) is 2. The molecule has 0 aliphatic rings. The van der Waals surface area contributed by atoms with Gasteiger partial charge in [-0.1, -0.05) is 6.92 Å². The number of nitrogens with one attached hydrogen (secondary N) is 1. The van der Waals surface area contributed by atoms with Crippen LogP contribution in [0, 0.1) is 11.6 Å². The highest BCUT2D eigenvalue weighted by Crippen LogP contribution is 2.11. The summed E-state index contributed by atoms with van der Waals surface area (Å²) in [5, 5.41) is 7.24. The second kappa shape index (κ2) is 7.09. The molecule has 1 heterocycles. The molecule has 6 heteroatoms. The van der Waals surface area contributed by atoms with Crippen molar-refractivity contribution in [2.45, 2.75) is 26.4 Å². The van der Waals surface area contributed by atoms with Crippen molar-refractivity contribution in [1.29, 1.82) is 0 Å². The molecule has 104 valence electrons. The maximum absolute atomic E-state index is 13.0. The molecule has 0 fully saturated rings. The molecule has 2 rings (SSSR count). The van der Waals surface area contributed by atoms with Crippen molar-refractivity contribution in [1.82, 2.24) is 9.78 Å². The van der Waals surface area contributed by atoms with Gasteiger partial charge in [0.2, 0.25) is 0 Å². The van der Waals surface area contributed by atoms with Crippen LogP contribution in [0.3, 0.4) is 0 Å². The average Bonchev–Trinajstić information content (AvgIpc) is 2.74. The lowest BCUT2D eigenvalue weighted by Gasteiger charge is -2.04. The summed E-state index contributed by atoms with van der Waals surface area (Å²) in [5.74, 6) is -1.12. The van der Waals surface area contributed by atoms with Crippen LogP contribution in [0.25, 0.3) is 0 Å². The van der Waals surface area contributed by atoms with Crippen molar-refractivity contribution in [3.63, 3.8) is 0 Å². The number of hydrogen-bond donors (Lipinski definition) is 1. The lowest BCUT2D eigenvalue weighted by atomic mass is 10.2. The minimum absolute atomic E-state index is 0. The highest BCUT2D eigenvalue weighted by molar-refractivity contribution is 5.85. The number of aryl methyl sites for hydroxylation is 1. The Morgan fingerprint density at radius 3 is 2.53 bits per heavy atom. The van der Waals surface area contributed by atoms with Gasteiger partial charge < -0.3 is 5.32 Å². The summed E-state index contributed by atoms with van der Waals surface area (Å²) < 4.78 is 27.8. The Morgan fingerprint density at radius 1 is 1.21 bits per heavy atom. The van der Waals surface area contributed by atoms with E-state index >= 15 is 0 Å². The third kappa shape index (κ3) is 4.52. The fraction of sp³-hybridized carbons (Fsp3) is 0.308. The molecule has 19 heavy (non-hydrogen) atoms. The zero-order chi connectivity index (χ0) is 13.0. The fourth-order valence-corrected chi connectivity index (χ4v) is 1.72. The number of aromatic nitrogens is 2. The minimum Gasteiger partial charge on any atom is -0.378 e. The van der Waals surface area contributed by atoms with Crippen LogP contribution in [0.1, 0.15) is 18.9 Å². The predicted octanol–water partition coefficient (Wildman–Crippen LogP) is 3.61. The van der Waals surface area contributed by atoms with Crippen LogP contribution in [-0.2, 0) is 13.1 Å². The molecule has 3 nitrogen and oxygen atoms in total. The van der Waals surface area contributed by atoms with Gasteiger partial charge in [0.1, 0.15) is 11.6 Å². The number of nitrogens with zero attached hydrogens (tertiary/aromatic N) is 2. The van der Waals surface area contributed by atoms with E-state index in [1.54, 1.807) is 6.20 Å². The predicted molar refractivity (Wildman–Crippen MR) is 73.5 cm³/mol. The first kappa shape index (κ1) is 15.4. The molecule has 1 aromatic heterocycles. The molecule has 0 atom stereocenters. The molecule has 1 aromatic carbocycles. The summed E-state index contributed by atoms with van der Waals surface area (Å²) in [7, 11) is 0. The summed E-state index contributed by atoms with van der Waals surface area (Å²) in [4.78, 5) is 0. The van der Waals surface area contributed by atoms with Crippen LogP contribution in [0.15, 0.2) is 30.6 Å². The van der Waals surface area contributed by atoms with Gasteiger partial charge in [-0.2, -0.15) is 5.10 Å². The highest BCUT2D eigenvalue weighted by Gasteiger charge is 2.02. The van der Waals surface area contributed by atoms with E-state index in [0.29, 0.717) is 12.1 Å². The molecule has 0 radical (unpaired) electrons. The van der Waals surface area contributed by atoms with Crippen molar-refractivity contribution in [3.05, 3.63) is 47.8 Å². The summed E-state index contributed by atoms with van der Waals surface area (Å²) >= 11 is 0. The molecule has 0 spiro atoms. The Hall–Kier alpha value is -1.62. The van der Waals surface area contributed by atoms with Crippen molar-refractivity contribution < 1.29 is 8.78 Å². The second-order valence-electron chi connectivity index (χ2n) is 4.12. The van der Waals surface area contributed by atoms with Gasteiger partial charge in [-0.25, -0.2) is 8.78 Å². The monoisotopic (exact) mass is 287 g/mol. The van der Waals surface area contributed by atoms with Gasteiger partial charge in [0, 0.05) is 25.4 Å². The van der Waals surface area contributed by atoms with Crippen molar-refractivity contribution in [2.75, 3.05) is 5.32 Å². The lowest BCUT2D eigenvalue weighted by molar-refractivity contribution is 0.580. The lowest BCUT2D eigenvalue weighted by Crippen LogP contribution is -2.00. The maximum Gasteiger partial charge on any atom is 0.126 e. The molecule has 2 aromatic rings. The Kier molecular flexibility index (Phi) is 5.76. The average molecular weight is 288 g/mol. The second-order valence-corrected chi connectivity index (χ2v) is 4.12. The molecule has 0 aliphatic heterocycles. The van der Waals surface area contributed by atoms with E-state index in [9.17, 15) is 8.78 Å². The number of halogens is 3. The van der Waals surface area contributed by atoms with E-state index in [-0.39, 0.29) is 12.4 Å². The molecule has 1 N–H and O–H groups in total. The molecule has 0 saturated heterocycles. The zero-order valence-corrected chi connectivity index (χ0v) is 11.4. The van der Waals surface area contributed by atoms with Gasteiger partial charge in [-0.15, -0.1) is 12.4 Å². The molecule has 0 bridgehead atoms. The standard InChI is InChI=1S/C13H15F2N3.ClH/c1-2-3-18-9-13(8-17-18)16-7-10-4-11(14)6-12(15)5-10;/h4-6,8-9,16H,2-3,7H2,1H3;1H. The van der Waals surface area contributed by atoms with Crippen molar-refractivity contribution in [3.8, 4) is 0 Å². The SMILES string of the molecule is CCCn1cc(NCc2cc(F)cc(F)c2)cn1.Cl. The van der Waals surface area contributed by atoms with Gasteiger partial charge in [0.05, 0.1) is 11.9 Å². The molecule has 0 amide bonds. The highest BCUT2D eigenvalue weighted by atomic mass is 35.5. The Bertz CT molecular complexity index is 508. The molecule has 0 saturated carbocycles. The third-order valence-electron chi connectivity index (χ3n) is 2.50. The zero-order valence-electron chi connectivity index (χ0n) is 10.6. The Labute approximate surface area is 117 Å². The van der Waals surface area contributed by atoms with Gasteiger partial charge in [-0.05, 0) is 24.1 Å². The van der Waals surface area contributed by atoms with Crippen LogP contribution in [-0.4, -0.2) is 9.78 Å². The minimum atomic E-state index is -0.562. The first-order chi connectivity index (χ1) is 8.67. The van der Waals surface area contributed by atoms with Crippen molar-refractivity contribution in [2.24, 2.45) is 0 Å². The van der Waals surface area contributed by atoms with E-state index in [0.717, 1.165) is 24.7 Å². The summed E-state index contributed by atoms with van der Waals surface area (Å²) in [5.41, 5.74) is 1.41. The molecule has 0 unspecified atom stereocenters. The van der Waals surface area contributed by atoms with Gasteiger partial charge in [0.15, 0.2) is 0 Å². The number of rotatable bonds is 5. The fourth-order valence-electron chi connectivity index (χ4n) is 1.72. The van der Waals surface area contributed by atoms with Gasteiger partial charge in [-0.3, -0.25) is 4.68 Å². The number of benzene rings is 1. The summed E-state index contributed by atoms with van der Waals surface area (Å²) in [6.45, 7) is 3.30. The van der Waals surface area contributed by atoms with Crippen LogP contribution >= 0.6 is 12.4 Å². The number of anilines is 1. The van der Waals surface area contributed by atoms with E-state index in [1.165, 1.54) is 12.1 Å². The summed E-state index contributed by atoms with van der Waals surface area (Å²) in [6, 6.07) is 3.49. The normalized spacial score (nSPS) is 10.1. The molecular weight excluding hydrogens is 272 g/mol. The topological polar surface area (TPSA) is 29.9 Å². The Balaban J connectivity index is 0.00000180. The molecular formula is C13H16ClF2N3. The summed E-state index contributed by atoms with van der Waals surface area (Å²) in [6.07, 6.45) is 4.58. The first-order valence-electron chi connectivity index (χ1n) is 5.88. The largest absolute Gasteiger partial charge is 0.378 e. The van der Waals surface area contributed by atoms with E-state index in [2.05, 4.69) is 17.3 Å². The first-order valence-corrected chi connectivity index (χ1v) is 5.88. The van der Waals surface area contributed by atoms with E-state index in [1.807, 2.05) is 10.9 Å². The van der Waals surface area contributed by atoms with Crippen LogP contribution in [0.2, 0.25) is 0 Å². The third-order valence-corrected chi connectivity index (χ3v) is 2.50. The molecule has 0 aliphatic carbocycles. The van der Waals surface area contributed by atoms with E-state index in [4.69, 9.17) is 0 Å². The Morgan fingerprint density at radius 2 is 1.89 bits per heavy atom. The van der Waals surface area contributed by atoms with Gasteiger partial charge in [0.25, 0.3) is 0 Å². The van der Waals surface area contributed by atoms with Crippen LogP contribution in [0.4, 0.5) is 14.5 Å². The van der Waals surface area contributed by atoms with Crippen molar-refractivity contribution >= 4 is 18.1 Å². The van der Waals surface area contributed by atoms with Crippen LogP contribution in [0.5, 0.6) is 0 Å². The van der Waals surface area contributed by atoms with Crippen LogP contribution < -0.4 is 5.32 Å². The van der Waals surface area contributed by atoms with Gasteiger partial charge >= 0.3 is 0 Å².